The van der Waals surface area contributed by atoms with Crippen LogP contribution in [0.2, 0.25) is 0 Å². The number of rotatable bonds is 4. The first-order chi connectivity index (χ1) is 7.12. The lowest BCUT2D eigenvalue weighted by Crippen LogP contribution is -2.31. The van der Waals surface area contributed by atoms with Crippen LogP contribution in [0.25, 0.3) is 0 Å². The first-order valence-electron chi connectivity index (χ1n) is 4.40. The Bertz CT molecular complexity index is 450. The molecule has 80 valence electrons. The smallest absolute Gasteiger partial charge is 0.245 e. The van der Waals surface area contributed by atoms with Gasteiger partial charge in [0.15, 0.2) is 0 Å². The Labute approximate surface area is 89.0 Å². The maximum absolute atomic E-state index is 11.9. The Morgan fingerprint density at radius 1 is 1.60 bits per heavy atom. The van der Waals surface area contributed by atoms with E-state index >= 15 is 0 Å². The van der Waals surface area contributed by atoms with Gasteiger partial charge in [-0.3, -0.25) is 4.98 Å². The van der Waals surface area contributed by atoms with Gasteiger partial charge in [-0.05, 0) is 12.1 Å². The Balaban J connectivity index is 3.08. The number of pyridine rings is 1. The van der Waals surface area contributed by atoms with Crippen LogP contribution in [-0.2, 0) is 10.0 Å². The lowest BCUT2D eigenvalue weighted by molar-refractivity contribution is 0.462. The fraction of sp³-hybridized carbons (Fsp3) is 0.333. The highest BCUT2D eigenvalue weighted by atomic mass is 32.2. The van der Waals surface area contributed by atoms with E-state index in [1.807, 2.05) is 6.07 Å². The molecule has 1 aromatic heterocycles. The molecular weight excluding hydrogens is 214 g/mol. The molecule has 1 heterocycles. The number of hydrogen-bond donors (Lipinski definition) is 0. The quantitative estimate of drug-likeness (QED) is 0.704. The second kappa shape index (κ2) is 4.87. The van der Waals surface area contributed by atoms with Gasteiger partial charge in [0.25, 0.3) is 0 Å². The molecule has 0 amide bonds. The summed E-state index contributed by atoms with van der Waals surface area (Å²) in [7, 11) is -3.56. The molecule has 0 aliphatic heterocycles. The van der Waals surface area contributed by atoms with E-state index in [2.05, 4.69) is 4.98 Å². The van der Waals surface area contributed by atoms with Crippen molar-refractivity contribution in [3.63, 3.8) is 0 Å². The molecule has 0 fully saturated rings. The van der Waals surface area contributed by atoms with E-state index in [0.29, 0.717) is 0 Å². The van der Waals surface area contributed by atoms with Crippen molar-refractivity contribution in [3.05, 3.63) is 24.5 Å². The predicted molar refractivity (Wildman–Crippen MR) is 54.3 cm³/mol. The van der Waals surface area contributed by atoms with E-state index in [1.165, 1.54) is 18.5 Å². The summed E-state index contributed by atoms with van der Waals surface area (Å²) in [6.45, 7) is 1.81. The molecule has 0 unspecified atom stereocenters. The third-order valence-electron chi connectivity index (χ3n) is 1.87. The molecule has 0 aliphatic carbocycles. The minimum atomic E-state index is -3.56. The molecule has 1 aromatic rings. The molecule has 0 radical (unpaired) electrons. The van der Waals surface area contributed by atoms with E-state index in [4.69, 9.17) is 5.26 Å². The summed E-state index contributed by atoms with van der Waals surface area (Å²) in [6, 6.07) is 4.83. The number of nitrogens with zero attached hydrogens (tertiary/aromatic N) is 3. The summed E-state index contributed by atoms with van der Waals surface area (Å²) in [5.74, 6) is 0. The lowest BCUT2D eigenvalue weighted by atomic mass is 10.5. The number of aromatic nitrogens is 1. The standard InChI is InChI=1S/C9H11N3O2S/c1-2-12(7-5-10)15(13,14)9-4-3-6-11-8-9/h3-4,6,8H,2,7H2,1H3. The van der Waals surface area contributed by atoms with Crippen LogP contribution in [0.15, 0.2) is 29.4 Å². The highest BCUT2D eigenvalue weighted by molar-refractivity contribution is 7.89. The summed E-state index contributed by atoms with van der Waals surface area (Å²) in [6.07, 6.45) is 2.77. The Hall–Kier alpha value is -1.45. The second-order valence-electron chi connectivity index (χ2n) is 2.78. The van der Waals surface area contributed by atoms with Crippen LogP contribution in [0.1, 0.15) is 6.92 Å². The van der Waals surface area contributed by atoms with E-state index < -0.39 is 10.0 Å². The molecule has 0 aliphatic rings. The highest BCUT2D eigenvalue weighted by Gasteiger charge is 2.22. The predicted octanol–water partition coefficient (Wildman–Crippen LogP) is 0.616. The van der Waals surface area contributed by atoms with Crippen molar-refractivity contribution < 1.29 is 8.42 Å². The zero-order chi connectivity index (χ0) is 11.3. The van der Waals surface area contributed by atoms with Crippen molar-refractivity contribution in [3.8, 4) is 6.07 Å². The monoisotopic (exact) mass is 225 g/mol. The van der Waals surface area contributed by atoms with Gasteiger partial charge in [-0.25, -0.2) is 8.42 Å². The van der Waals surface area contributed by atoms with Crippen molar-refractivity contribution in [1.82, 2.24) is 9.29 Å². The number of nitriles is 1. The van der Waals surface area contributed by atoms with E-state index in [1.54, 1.807) is 13.0 Å². The van der Waals surface area contributed by atoms with Crippen LogP contribution >= 0.6 is 0 Å². The molecule has 0 spiro atoms. The average Bonchev–Trinajstić information content (AvgIpc) is 2.27. The largest absolute Gasteiger partial charge is 0.263 e. The van der Waals surface area contributed by atoms with Gasteiger partial charge in [0.05, 0.1) is 6.07 Å². The van der Waals surface area contributed by atoms with Crippen LogP contribution in [0.3, 0.4) is 0 Å². The van der Waals surface area contributed by atoms with Crippen molar-refractivity contribution >= 4 is 10.0 Å². The normalized spacial score (nSPS) is 11.3. The summed E-state index contributed by atoms with van der Waals surface area (Å²) in [4.78, 5) is 3.85. The minimum Gasteiger partial charge on any atom is -0.263 e. The van der Waals surface area contributed by atoms with Crippen LogP contribution < -0.4 is 0 Å². The third-order valence-corrected chi connectivity index (χ3v) is 3.78. The first kappa shape index (κ1) is 11.6. The molecule has 0 aromatic carbocycles. The molecular formula is C9H11N3O2S. The SMILES string of the molecule is CCN(CC#N)S(=O)(=O)c1cccnc1. The average molecular weight is 225 g/mol. The zero-order valence-corrected chi connectivity index (χ0v) is 9.11. The van der Waals surface area contributed by atoms with Gasteiger partial charge in [0.2, 0.25) is 10.0 Å². The van der Waals surface area contributed by atoms with Gasteiger partial charge < -0.3 is 0 Å². The van der Waals surface area contributed by atoms with E-state index in [9.17, 15) is 8.42 Å². The second-order valence-corrected chi connectivity index (χ2v) is 4.72. The number of sulfonamides is 1. The van der Waals surface area contributed by atoms with Crippen molar-refractivity contribution in [2.45, 2.75) is 11.8 Å². The molecule has 5 nitrogen and oxygen atoms in total. The molecule has 15 heavy (non-hydrogen) atoms. The van der Waals surface area contributed by atoms with Crippen molar-refractivity contribution in [2.75, 3.05) is 13.1 Å². The van der Waals surface area contributed by atoms with Crippen molar-refractivity contribution in [2.24, 2.45) is 0 Å². The molecule has 6 heteroatoms. The topological polar surface area (TPSA) is 74.1 Å². The third kappa shape index (κ3) is 2.52. The molecule has 1 rings (SSSR count). The lowest BCUT2D eigenvalue weighted by Gasteiger charge is -2.16. The van der Waals surface area contributed by atoms with E-state index in [-0.39, 0.29) is 18.0 Å². The van der Waals surface area contributed by atoms with Crippen molar-refractivity contribution in [1.29, 1.82) is 5.26 Å². The molecule has 0 saturated carbocycles. The molecule has 0 bridgehead atoms. The molecule has 0 N–H and O–H groups in total. The maximum Gasteiger partial charge on any atom is 0.245 e. The van der Waals surface area contributed by atoms with Crippen LogP contribution in [0.5, 0.6) is 0 Å². The van der Waals surface area contributed by atoms with Crippen LogP contribution in [0.4, 0.5) is 0 Å². The Kier molecular flexibility index (Phi) is 3.77. The fourth-order valence-corrected chi connectivity index (χ4v) is 2.40. The highest BCUT2D eigenvalue weighted by Crippen LogP contribution is 2.12. The van der Waals surface area contributed by atoms with Gasteiger partial charge in [0.1, 0.15) is 11.4 Å². The fourth-order valence-electron chi connectivity index (χ4n) is 1.09. The van der Waals surface area contributed by atoms with Gasteiger partial charge in [-0.15, -0.1) is 0 Å². The molecule has 0 atom stereocenters. The van der Waals surface area contributed by atoms with Gasteiger partial charge in [-0.1, -0.05) is 6.92 Å². The summed E-state index contributed by atoms with van der Waals surface area (Å²) < 4.78 is 24.9. The Morgan fingerprint density at radius 3 is 2.80 bits per heavy atom. The minimum absolute atomic E-state index is 0.113. The summed E-state index contributed by atoms with van der Waals surface area (Å²) in [5.41, 5.74) is 0. The van der Waals surface area contributed by atoms with Gasteiger partial charge >= 0.3 is 0 Å². The maximum atomic E-state index is 11.9. The van der Waals surface area contributed by atoms with Crippen LogP contribution in [0, 0.1) is 11.3 Å². The first-order valence-corrected chi connectivity index (χ1v) is 5.84. The van der Waals surface area contributed by atoms with Gasteiger partial charge in [-0.2, -0.15) is 9.57 Å². The zero-order valence-electron chi connectivity index (χ0n) is 8.29. The van der Waals surface area contributed by atoms with E-state index in [0.717, 1.165) is 4.31 Å². The molecule has 0 saturated heterocycles. The summed E-state index contributed by atoms with van der Waals surface area (Å²) >= 11 is 0. The Morgan fingerprint density at radius 2 is 2.33 bits per heavy atom. The van der Waals surface area contributed by atoms with Crippen LogP contribution in [-0.4, -0.2) is 30.8 Å². The summed E-state index contributed by atoms with van der Waals surface area (Å²) in [5, 5.41) is 8.51. The number of hydrogen-bond acceptors (Lipinski definition) is 4. The van der Waals surface area contributed by atoms with Gasteiger partial charge in [0, 0.05) is 18.9 Å².